The number of nitrogens with zero attached hydrogens (tertiary/aromatic N) is 2. The molecule has 0 unspecified atom stereocenters. The lowest BCUT2D eigenvalue weighted by Crippen LogP contribution is -2.36. The predicted molar refractivity (Wildman–Crippen MR) is 82.3 cm³/mol. The fourth-order valence-electron chi connectivity index (χ4n) is 2.42. The van der Waals surface area contributed by atoms with Crippen LogP contribution in [0.4, 0.5) is 11.5 Å². The van der Waals surface area contributed by atoms with E-state index in [4.69, 9.17) is 4.74 Å². The van der Waals surface area contributed by atoms with Gasteiger partial charge in [-0.2, -0.15) is 0 Å². The van der Waals surface area contributed by atoms with Crippen LogP contribution in [0.25, 0.3) is 11.1 Å². The van der Waals surface area contributed by atoms with E-state index in [1.54, 1.807) is 0 Å². The number of nitrogens with one attached hydrogen (secondary N) is 1. The monoisotopic (exact) mass is 269 g/mol. The van der Waals surface area contributed by atoms with Crippen molar-refractivity contribution in [1.82, 2.24) is 4.98 Å². The number of anilines is 2. The molecule has 1 N–H and O–H groups in total. The zero-order valence-corrected chi connectivity index (χ0v) is 11.7. The lowest BCUT2D eigenvalue weighted by molar-refractivity contribution is 0.122. The van der Waals surface area contributed by atoms with Crippen LogP contribution in [0.3, 0.4) is 0 Å². The predicted octanol–water partition coefficient (Wildman–Crippen LogP) is 2.63. The SMILES string of the molecule is CNc1cccc(-c2ccnc(N3CCOCC3)c2)c1. The van der Waals surface area contributed by atoms with Gasteiger partial charge in [-0.3, -0.25) is 0 Å². The largest absolute Gasteiger partial charge is 0.388 e. The zero-order chi connectivity index (χ0) is 13.8. The van der Waals surface area contributed by atoms with E-state index in [-0.39, 0.29) is 0 Å². The second-order valence-electron chi connectivity index (χ2n) is 4.83. The Morgan fingerprint density at radius 2 is 1.90 bits per heavy atom. The Bertz CT molecular complexity index is 579. The third-order valence-electron chi connectivity index (χ3n) is 3.57. The molecule has 0 saturated carbocycles. The first-order chi connectivity index (χ1) is 9.86. The van der Waals surface area contributed by atoms with E-state index in [0.717, 1.165) is 37.8 Å². The topological polar surface area (TPSA) is 37.4 Å². The summed E-state index contributed by atoms with van der Waals surface area (Å²) in [7, 11) is 1.94. The first kappa shape index (κ1) is 12.9. The average molecular weight is 269 g/mol. The van der Waals surface area contributed by atoms with Crippen LogP contribution < -0.4 is 10.2 Å². The Hall–Kier alpha value is -2.07. The normalized spacial score (nSPS) is 15.2. The minimum Gasteiger partial charge on any atom is -0.388 e. The molecule has 0 spiro atoms. The number of hydrogen-bond donors (Lipinski definition) is 1. The molecule has 0 amide bonds. The zero-order valence-electron chi connectivity index (χ0n) is 11.7. The third kappa shape index (κ3) is 2.75. The fourth-order valence-corrected chi connectivity index (χ4v) is 2.42. The summed E-state index contributed by atoms with van der Waals surface area (Å²) in [6, 6.07) is 12.6. The molecular weight excluding hydrogens is 250 g/mol. The Kier molecular flexibility index (Phi) is 3.83. The summed E-state index contributed by atoms with van der Waals surface area (Å²) in [5.74, 6) is 1.03. The molecule has 1 aliphatic rings. The molecule has 104 valence electrons. The van der Waals surface area contributed by atoms with E-state index in [1.165, 1.54) is 11.1 Å². The lowest BCUT2D eigenvalue weighted by Gasteiger charge is -2.28. The first-order valence-corrected chi connectivity index (χ1v) is 6.94. The van der Waals surface area contributed by atoms with Gasteiger partial charge in [-0.05, 0) is 35.4 Å². The van der Waals surface area contributed by atoms with E-state index < -0.39 is 0 Å². The second-order valence-corrected chi connectivity index (χ2v) is 4.83. The van der Waals surface area contributed by atoms with Crippen LogP contribution in [0.15, 0.2) is 42.6 Å². The molecule has 4 nitrogen and oxygen atoms in total. The number of ether oxygens (including phenoxy) is 1. The van der Waals surface area contributed by atoms with Gasteiger partial charge in [0, 0.05) is 32.0 Å². The molecule has 1 saturated heterocycles. The Balaban J connectivity index is 1.89. The average Bonchev–Trinajstić information content (AvgIpc) is 2.56. The Labute approximate surface area is 119 Å². The summed E-state index contributed by atoms with van der Waals surface area (Å²) in [6.45, 7) is 3.38. The van der Waals surface area contributed by atoms with Crippen LogP contribution in [0, 0.1) is 0 Å². The molecule has 1 fully saturated rings. The van der Waals surface area contributed by atoms with Crippen molar-refractivity contribution in [2.45, 2.75) is 0 Å². The smallest absolute Gasteiger partial charge is 0.129 e. The minimum absolute atomic E-state index is 0.779. The van der Waals surface area contributed by atoms with Crippen molar-refractivity contribution >= 4 is 11.5 Å². The molecule has 3 rings (SSSR count). The summed E-state index contributed by atoms with van der Waals surface area (Å²) in [6.07, 6.45) is 1.88. The maximum Gasteiger partial charge on any atom is 0.129 e. The Morgan fingerprint density at radius 1 is 1.10 bits per heavy atom. The van der Waals surface area contributed by atoms with Crippen molar-refractivity contribution < 1.29 is 4.74 Å². The van der Waals surface area contributed by atoms with Gasteiger partial charge >= 0.3 is 0 Å². The lowest BCUT2D eigenvalue weighted by atomic mass is 10.1. The molecule has 1 aliphatic heterocycles. The Morgan fingerprint density at radius 3 is 2.70 bits per heavy atom. The van der Waals surface area contributed by atoms with E-state index in [9.17, 15) is 0 Å². The highest BCUT2D eigenvalue weighted by molar-refractivity contribution is 5.70. The quantitative estimate of drug-likeness (QED) is 0.929. The van der Waals surface area contributed by atoms with Gasteiger partial charge in [0.2, 0.25) is 0 Å². The van der Waals surface area contributed by atoms with Crippen LogP contribution in [0.2, 0.25) is 0 Å². The van der Waals surface area contributed by atoms with E-state index in [0.29, 0.717) is 0 Å². The van der Waals surface area contributed by atoms with Gasteiger partial charge in [-0.1, -0.05) is 12.1 Å². The highest BCUT2D eigenvalue weighted by Gasteiger charge is 2.12. The van der Waals surface area contributed by atoms with Crippen LogP contribution in [0.5, 0.6) is 0 Å². The minimum atomic E-state index is 0.779. The van der Waals surface area contributed by atoms with Crippen LogP contribution in [0.1, 0.15) is 0 Å². The molecule has 1 aromatic heterocycles. The number of benzene rings is 1. The van der Waals surface area contributed by atoms with Crippen molar-refractivity contribution in [2.75, 3.05) is 43.6 Å². The molecule has 1 aromatic carbocycles. The maximum atomic E-state index is 5.39. The number of aromatic nitrogens is 1. The van der Waals surface area contributed by atoms with Gasteiger partial charge in [0.25, 0.3) is 0 Å². The van der Waals surface area contributed by atoms with Gasteiger partial charge in [-0.25, -0.2) is 4.98 Å². The number of rotatable bonds is 3. The molecule has 2 heterocycles. The van der Waals surface area contributed by atoms with E-state index in [2.05, 4.69) is 51.6 Å². The summed E-state index contributed by atoms with van der Waals surface area (Å²) >= 11 is 0. The molecular formula is C16H19N3O. The number of morpholine rings is 1. The molecule has 2 aromatic rings. The molecule has 0 atom stereocenters. The highest BCUT2D eigenvalue weighted by atomic mass is 16.5. The van der Waals surface area contributed by atoms with Crippen molar-refractivity contribution in [1.29, 1.82) is 0 Å². The molecule has 0 aliphatic carbocycles. The summed E-state index contributed by atoms with van der Waals surface area (Å²) in [4.78, 5) is 6.76. The third-order valence-corrected chi connectivity index (χ3v) is 3.57. The second kappa shape index (κ2) is 5.92. The van der Waals surface area contributed by atoms with Crippen molar-refractivity contribution in [3.05, 3.63) is 42.6 Å². The first-order valence-electron chi connectivity index (χ1n) is 6.94. The van der Waals surface area contributed by atoms with Gasteiger partial charge < -0.3 is 15.0 Å². The molecule has 0 radical (unpaired) electrons. The summed E-state index contributed by atoms with van der Waals surface area (Å²) < 4.78 is 5.39. The van der Waals surface area contributed by atoms with Gasteiger partial charge in [0.05, 0.1) is 13.2 Å². The number of hydrogen-bond acceptors (Lipinski definition) is 4. The van der Waals surface area contributed by atoms with Crippen molar-refractivity contribution in [3.63, 3.8) is 0 Å². The van der Waals surface area contributed by atoms with Crippen LogP contribution in [-0.4, -0.2) is 38.3 Å². The van der Waals surface area contributed by atoms with Gasteiger partial charge in [0.15, 0.2) is 0 Å². The summed E-state index contributed by atoms with van der Waals surface area (Å²) in [5, 5.41) is 3.17. The highest BCUT2D eigenvalue weighted by Crippen LogP contribution is 2.25. The molecule has 20 heavy (non-hydrogen) atoms. The number of pyridine rings is 1. The van der Waals surface area contributed by atoms with Crippen molar-refractivity contribution in [3.8, 4) is 11.1 Å². The molecule has 0 bridgehead atoms. The molecule has 4 heteroatoms. The van der Waals surface area contributed by atoms with Crippen molar-refractivity contribution in [2.24, 2.45) is 0 Å². The summed E-state index contributed by atoms with van der Waals surface area (Å²) in [5.41, 5.74) is 3.51. The standard InChI is InChI=1S/C16H19N3O/c1-17-15-4-2-3-13(11-15)14-5-6-18-16(12-14)19-7-9-20-10-8-19/h2-6,11-12,17H,7-10H2,1H3. The van der Waals surface area contributed by atoms with E-state index in [1.807, 2.05) is 13.2 Å². The van der Waals surface area contributed by atoms with Gasteiger partial charge in [-0.15, -0.1) is 0 Å². The van der Waals surface area contributed by atoms with E-state index >= 15 is 0 Å². The maximum absolute atomic E-state index is 5.39. The van der Waals surface area contributed by atoms with Crippen LogP contribution >= 0.6 is 0 Å². The van der Waals surface area contributed by atoms with Gasteiger partial charge in [0.1, 0.15) is 5.82 Å². The van der Waals surface area contributed by atoms with Crippen LogP contribution in [-0.2, 0) is 4.74 Å². The fraction of sp³-hybridized carbons (Fsp3) is 0.312.